The van der Waals surface area contributed by atoms with Gasteiger partial charge in [-0.25, -0.2) is 8.42 Å². The lowest BCUT2D eigenvalue weighted by Gasteiger charge is -2.15. The lowest BCUT2D eigenvalue weighted by molar-refractivity contribution is -0.121. The largest absolute Gasteiger partial charge is 0.293 e. The zero-order chi connectivity index (χ0) is 20.9. The van der Waals surface area contributed by atoms with Gasteiger partial charge < -0.3 is 0 Å². The molecule has 1 aliphatic heterocycles. The maximum atomic E-state index is 12.5. The van der Waals surface area contributed by atoms with Crippen LogP contribution in [0.25, 0.3) is 0 Å². The van der Waals surface area contributed by atoms with Gasteiger partial charge in [0.15, 0.2) is 5.78 Å². The molecule has 1 aromatic carbocycles. The number of nitrogens with one attached hydrogen (secondary N) is 2. The maximum absolute atomic E-state index is 12.5. The Morgan fingerprint density at radius 3 is 2.28 bits per heavy atom. The number of hydrogen-bond donors (Lipinski definition) is 2. The van der Waals surface area contributed by atoms with Crippen molar-refractivity contribution in [1.82, 2.24) is 15.2 Å². The van der Waals surface area contributed by atoms with Crippen LogP contribution in [0.3, 0.4) is 0 Å². The summed E-state index contributed by atoms with van der Waals surface area (Å²) < 4.78 is 26.4. The highest BCUT2D eigenvalue weighted by molar-refractivity contribution is 7.89. The third kappa shape index (κ3) is 5.28. The Bertz CT molecular complexity index is 979. The van der Waals surface area contributed by atoms with Crippen molar-refractivity contribution in [2.75, 3.05) is 13.1 Å². The van der Waals surface area contributed by atoms with Crippen LogP contribution in [-0.2, 0) is 14.8 Å². The first-order chi connectivity index (χ1) is 13.9. The van der Waals surface area contributed by atoms with Gasteiger partial charge in [0, 0.05) is 31.5 Å². The predicted molar refractivity (Wildman–Crippen MR) is 108 cm³/mol. The van der Waals surface area contributed by atoms with Crippen LogP contribution < -0.4 is 10.9 Å². The molecule has 0 bridgehead atoms. The number of hydrogen-bond acceptors (Lipinski definition) is 6. The monoisotopic (exact) mass is 435 g/mol. The summed E-state index contributed by atoms with van der Waals surface area (Å²) in [5.41, 5.74) is 4.73. The summed E-state index contributed by atoms with van der Waals surface area (Å²) in [7, 11) is -3.54. The third-order valence-corrected chi connectivity index (χ3v) is 7.33. The number of rotatable bonds is 7. The summed E-state index contributed by atoms with van der Waals surface area (Å²) in [4.78, 5) is 36.6. The lowest BCUT2D eigenvalue weighted by atomic mass is 10.2. The van der Waals surface area contributed by atoms with E-state index >= 15 is 0 Å². The van der Waals surface area contributed by atoms with E-state index in [9.17, 15) is 22.8 Å². The minimum atomic E-state index is -3.54. The molecule has 8 nitrogen and oxygen atoms in total. The molecule has 1 aromatic heterocycles. The van der Waals surface area contributed by atoms with E-state index in [-0.39, 0.29) is 29.1 Å². The Labute approximate surface area is 172 Å². The number of thiophene rings is 1. The standard InChI is InChI=1S/C19H21N3O5S2/c23-16(17-4-3-13-28-17)9-10-18(24)20-21-19(25)14-5-7-15(8-6-14)29(26,27)22-11-1-2-12-22/h3-8,13H,1-2,9-12H2,(H,20,24)(H,21,25). The van der Waals surface area contributed by atoms with E-state index in [0.29, 0.717) is 18.0 Å². The first-order valence-electron chi connectivity index (χ1n) is 9.14. The van der Waals surface area contributed by atoms with Crippen LogP contribution in [0.1, 0.15) is 45.7 Å². The Balaban J connectivity index is 1.49. The molecule has 0 saturated carbocycles. The summed E-state index contributed by atoms with van der Waals surface area (Å²) >= 11 is 1.31. The minimum absolute atomic E-state index is 0.0469. The molecule has 2 N–H and O–H groups in total. The fraction of sp³-hybridized carbons (Fsp3) is 0.316. The normalized spacial score (nSPS) is 14.5. The summed E-state index contributed by atoms with van der Waals surface area (Å²) in [5.74, 6) is -1.19. The molecule has 0 aliphatic carbocycles. The van der Waals surface area contributed by atoms with Gasteiger partial charge in [-0.15, -0.1) is 11.3 Å². The van der Waals surface area contributed by atoms with Crippen LogP contribution in [0.5, 0.6) is 0 Å². The van der Waals surface area contributed by atoms with Gasteiger partial charge in [-0.1, -0.05) is 6.07 Å². The van der Waals surface area contributed by atoms with Gasteiger partial charge in [-0.3, -0.25) is 25.2 Å². The summed E-state index contributed by atoms with van der Waals surface area (Å²) in [6.45, 7) is 1.01. The summed E-state index contributed by atoms with van der Waals surface area (Å²) in [6.07, 6.45) is 1.69. The van der Waals surface area contributed by atoms with E-state index in [1.54, 1.807) is 17.5 Å². The Kier molecular flexibility index (Phi) is 6.78. The molecule has 154 valence electrons. The van der Waals surface area contributed by atoms with Gasteiger partial charge in [-0.05, 0) is 48.6 Å². The number of nitrogens with zero attached hydrogens (tertiary/aromatic N) is 1. The van der Waals surface area contributed by atoms with Crippen molar-refractivity contribution in [2.24, 2.45) is 0 Å². The van der Waals surface area contributed by atoms with E-state index in [1.807, 2.05) is 0 Å². The molecule has 2 amide bonds. The third-order valence-electron chi connectivity index (χ3n) is 4.51. The smallest absolute Gasteiger partial charge is 0.269 e. The van der Waals surface area contributed by atoms with Crippen molar-refractivity contribution in [2.45, 2.75) is 30.6 Å². The topological polar surface area (TPSA) is 113 Å². The predicted octanol–water partition coefficient (Wildman–Crippen LogP) is 1.96. The summed E-state index contributed by atoms with van der Waals surface area (Å²) in [5, 5.41) is 1.79. The van der Waals surface area contributed by atoms with Crippen LogP contribution in [-0.4, -0.2) is 43.4 Å². The number of carbonyl (C=O) groups is 3. The molecule has 3 rings (SSSR count). The molecule has 0 atom stereocenters. The molecule has 0 unspecified atom stereocenters. The van der Waals surface area contributed by atoms with Crippen LogP contribution in [0.15, 0.2) is 46.7 Å². The number of benzene rings is 1. The first-order valence-corrected chi connectivity index (χ1v) is 11.5. The molecule has 2 aromatic rings. The highest BCUT2D eigenvalue weighted by atomic mass is 32.2. The van der Waals surface area contributed by atoms with E-state index in [2.05, 4.69) is 10.9 Å². The molecule has 1 saturated heterocycles. The van der Waals surface area contributed by atoms with E-state index in [0.717, 1.165) is 12.8 Å². The van der Waals surface area contributed by atoms with Crippen molar-refractivity contribution in [3.05, 3.63) is 52.2 Å². The van der Waals surface area contributed by atoms with Crippen LogP contribution in [0, 0.1) is 0 Å². The van der Waals surface area contributed by atoms with Crippen LogP contribution in [0.2, 0.25) is 0 Å². The zero-order valence-electron chi connectivity index (χ0n) is 15.6. The number of Topliss-reactive ketones (excluding diaryl/α,β-unsaturated/α-hetero) is 1. The second-order valence-corrected chi connectivity index (χ2v) is 9.42. The van der Waals surface area contributed by atoms with Crippen molar-refractivity contribution < 1.29 is 22.8 Å². The highest BCUT2D eigenvalue weighted by Crippen LogP contribution is 2.21. The number of hydrazine groups is 1. The van der Waals surface area contributed by atoms with Crippen molar-refractivity contribution >= 4 is 39.0 Å². The molecule has 29 heavy (non-hydrogen) atoms. The van der Waals surface area contributed by atoms with Gasteiger partial charge in [0.1, 0.15) is 0 Å². The van der Waals surface area contributed by atoms with Crippen molar-refractivity contribution in [1.29, 1.82) is 0 Å². The fourth-order valence-electron chi connectivity index (χ4n) is 2.90. The van der Waals surface area contributed by atoms with Gasteiger partial charge >= 0.3 is 0 Å². The molecule has 0 radical (unpaired) electrons. The average Bonchev–Trinajstić information content (AvgIpc) is 3.44. The van der Waals surface area contributed by atoms with Gasteiger partial charge in [0.2, 0.25) is 15.9 Å². The van der Waals surface area contributed by atoms with E-state index in [1.165, 1.54) is 39.9 Å². The molecular weight excluding hydrogens is 414 g/mol. The van der Waals surface area contributed by atoms with Crippen molar-refractivity contribution in [3.63, 3.8) is 0 Å². The second kappa shape index (κ2) is 9.29. The number of sulfonamides is 1. The number of carbonyl (C=O) groups excluding carboxylic acids is 3. The Morgan fingerprint density at radius 1 is 0.966 bits per heavy atom. The average molecular weight is 436 g/mol. The molecule has 1 aliphatic rings. The molecule has 1 fully saturated rings. The van der Waals surface area contributed by atoms with E-state index in [4.69, 9.17) is 0 Å². The van der Waals surface area contributed by atoms with E-state index < -0.39 is 21.8 Å². The molecule has 0 spiro atoms. The van der Waals surface area contributed by atoms with Crippen LogP contribution in [0.4, 0.5) is 0 Å². The van der Waals surface area contributed by atoms with Gasteiger partial charge in [-0.2, -0.15) is 4.31 Å². The number of ketones is 1. The van der Waals surface area contributed by atoms with Crippen molar-refractivity contribution in [3.8, 4) is 0 Å². The Hall–Kier alpha value is -2.56. The lowest BCUT2D eigenvalue weighted by Crippen LogP contribution is -2.41. The second-order valence-electron chi connectivity index (χ2n) is 6.54. The SMILES string of the molecule is O=C(CCC(=O)c1cccs1)NNC(=O)c1ccc(S(=O)(=O)N2CCCC2)cc1. The number of amides is 2. The minimum Gasteiger partial charge on any atom is -0.293 e. The fourth-order valence-corrected chi connectivity index (χ4v) is 5.12. The maximum Gasteiger partial charge on any atom is 0.269 e. The van der Waals surface area contributed by atoms with Gasteiger partial charge in [0.25, 0.3) is 5.91 Å². The molecule has 2 heterocycles. The zero-order valence-corrected chi connectivity index (χ0v) is 17.2. The molecule has 10 heteroatoms. The first kappa shape index (κ1) is 21.2. The molecular formula is C19H21N3O5S2. The van der Waals surface area contributed by atoms with Crippen LogP contribution >= 0.6 is 11.3 Å². The quantitative estimate of drug-likeness (QED) is 0.510. The Morgan fingerprint density at radius 2 is 1.66 bits per heavy atom. The van der Waals surface area contributed by atoms with Gasteiger partial charge in [0.05, 0.1) is 9.77 Å². The summed E-state index contributed by atoms with van der Waals surface area (Å²) in [6, 6.07) is 9.00. The highest BCUT2D eigenvalue weighted by Gasteiger charge is 2.27.